The second kappa shape index (κ2) is 6.08. The summed E-state index contributed by atoms with van der Waals surface area (Å²) in [5.41, 5.74) is -0.316. The normalized spacial score (nSPS) is 18.1. The van der Waals surface area contributed by atoms with Crippen molar-refractivity contribution in [2.24, 2.45) is 5.41 Å². The first-order chi connectivity index (χ1) is 9.18. The zero-order valence-corrected chi connectivity index (χ0v) is 11.5. The Morgan fingerprint density at radius 3 is 2.42 bits per heavy atom. The predicted octanol–water partition coefficient (Wildman–Crippen LogP) is 4.14. The predicted molar refractivity (Wildman–Crippen MR) is 75.8 cm³/mol. The van der Waals surface area contributed by atoms with Gasteiger partial charge in [-0.05, 0) is 25.0 Å². The Morgan fingerprint density at radius 2 is 1.84 bits per heavy atom. The first kappa shape index (κ1) is 13.9. The van der Waals surface area contributed by atoms with Crippen LogP contribution in [0.5, 0.6) is 0 Å². The van der Waals surface area contributed by atoms with Crippen LogP contribution >= 0.6 is 11.6 Å². The second-order valence-electron chi connectivity index (χ2n) is 5.04. The fraction of sp³-hybridized carbons (Fsp3) is 0.467. The van der Waals surface area contributed by atoms with E-state index >= 15 is 0 Å². The van der Waals surface area contributed by atoms with Crippen molar-refractivity contribution >= 4 is 23.2 Å². The molecular weight excluding hydrogens is 260 g/mol. The van der Waals surface area contributed by atoms with Gasteiger partial charge in [-0.15, -0.1) is 0 Å². The molecule has 0 aliphatic heterocycles. The first-order valence-electron chi connectivity index (χ1n) is 6.65. The molecule has 1 aromatic rings. The molecule has 1 N–H and O–H groups in total. The van der Waals surface area contributed by atoms with Crippen molar-refractivity contribution in [3.8, 4) is 6.07 Å². The molecule has 4 heteroatoms. The lowest BCUT2D eigenvalue weighted by Gasteiger charge is -2.23. The average Bonchev–Trinajstić information content (AvgIpc) is 2.67. The third-order valence-electron chi connectivity index (χ3n) is 3.73. The summed E-state index contributed by atoms with van der Waals surface area (Å²) in [5, 5.41) is 12.7. The molecule has 19 heavy (non-hydrogen) atoms. The van der Waals surface area contributed by atoms with Gasteiger partial charge >= 0.3 is 0 Å². The van der Waals surface area contributed by atoms with Gasteiger partial charge in [0.05, 0.1) is 16.8 Å². The molecule has 0 bridgehead atoms. The van der Waals surface area contributed by atoms with Crippen LogP contribution in [0.1, 0.15) is 38.5 Å². The Balaban J connectivity index is 2.17. The Kier molecular flexibility index (Phi) is 4.44. The van der Waals surface area contributed by atoms with Gasteiger partial charge in [0.25, 0.3) is 0 Å². The molecule has 0 saturated heterocycles. The van der Waals surface area contributed by atoms with Crippen LogP contribution in [0.2, 0.25) is 5.02 Å². The number of rotatable bonds is 2. The fourth-order valence-electron chi connectivity index (χ4n) is 2.53. The van der Waals surface area contributed by atoms with E-state index in [1.807, 2.05) is 12.1 Å². The van der Waals surface area contributed by atoms with Crippen LogP contribution < -0.4 is 5.32 Å². The summed E-state index contributed by atoms with van der Waals surface area (Å²) in [6.45, 7) is 0. The minimum atomic E-state index is -0.893. The molecule has 1 aliphatic rings. The van der Waals surface area contributed by atoms with E-state index in [0.29, 0.717) is 23.6 Å². The molecule has 1 fully saturated rings. The SMILES string of the molecule is N#CC1(C(=O)Nc2ccccc2Cl)CCCCCC1. The van der Waals surface area contributed by atoms with Crippen LogP contribution in [0.3, 0.4) is 0 Å². The van der Waals surface area contributed by atoms with Gasteiger partial charge in [-0.25, -0.2) is 0 Å². The van der Waals surface area contributed by atoms with Crippen LogP contribution in [0, 0.1) is 16.7 Å². The van der Waals surface area contributed by atoms with Crippen molar-refractivity contribution in [3.63, 3.8) is 0 Å². The lowest BCUT2D eigenvalue weighted by atomic mass is 9.81. The number of carbonyl (C=O) groups excluding carboxylic acids is 1. The van der Waals surface area contributed by atoms with Crippen molar-refractivity contribution in [2.75, 3.05) is 5.32 Å². The molecule has 100 valence electrons. The van der Waals surface area contributed by atoms with Crippen molar-refractivity contribution in [1.29, 1.82) is 5.26 Å². The quantitative estimate of drug-likeness (QED) is 0.825. The fourth-order valence-corrected chi connectivity index (χ4v) is 2.71. The van der Waals surface area contributed by atoms with Crippen molar-refractivity contribution < 1.29 is 4.79 Å². The standard InChI is InChI=1S/C15H17ClN2O/c16-12-7-3-4-8-13(12)18-14(19)15(11-17)9-5-1-2-6-10-15/h3-4,7-8H,1-2,5-6,9-10H2,(H,18,19). The molecule has 1 aromatic carbocycles. The van der Waals surface area contributed by atoms with E-state index in [2.05, 4.69) is 11.4 Å². The molecule has 1 amide bonds. The Labute approximate surface area is 118 Å². The first-order valence-corrected chi connectivity index (χ1v) is 7.03. The van der Waals surface area contributed by atoms with Gasteiger partial charge in [0.15, 0.2) is 0 Å². The van der Waals surface area contributed by atoms with E-state index in [1.165, 1.54) is 0 Å². The molecule has 0 atom stereocenters. The largest absolute Gasteiger partial charge is 0.323 e. The molecule has 2 rings (SSSR count). The van der Waals surface area contributed by atoms with Crippen LogP contribution in [0.4, 0.5) is 5.69 Å². The number of para-hydroxylation sites is 1. The maximum Gasteiger partial charge on any atom is 0.244 e. The highest BCUT2D eigenvalue weighted by Crippen LogP contribution is 2.36. The number of nitriles is 1. The van der Waals surface area contributed by atoms with Gasteiger partial charge in [-0.2, -0.15) is 5.26 Å². The summed E-state index contributed by atoms with van der Waals surface area (Å²) >= 11 is 6.03. The number of amides is 1. The van der Waals surface area contributed by atoms with E-state index in [-0.39, 0.29) is 5.91 Å². The number of benzene rings is 1. The monoisotopic (exact) mass is 276 g/mol. The van der Waals surface area contributed by atoms with E-state index in [9.17, 15) is 10.1 Å². The number of anilines is 1. The molecule has 0 radical (unpaired) electrons. The van der Waals surface area contributed by atoms with E-state index in [1.54, 1.807) is 12.1 Å². The smallest absolute Gasteiger partial charge is 0.244 e. The molecule has 0 unspecified atom stereocenters. The minimum absolute atomic E-state index is 0.218. The maximum atomic E-state index is 12.4. The molecule has 1 saturated carbocycles. The summed E-state index contributed by atoms with van der Waals surface area (Å²) in [5.74, 6) is -0.218. The Hall–Kier alpha value is -1.53. The van der Waals surface area contributed by atoms with Gasteiger partial charge in [0.1, 0.15) is 5.41 Å². The van der Waals surface area contributed by atoms with Crippen molar-refractivity contribution in [2.45, 2.75) is 38.5 Å². The second-order valence-corrected chi connectivity index (χ2v) is 5.45. The highest BCUT2D eigenvalue weighted by Gasteiger charge is 2.39. The zero-order chi connectivity index (χ0) is 13.7. The maximum absolute atomic E-state index is 12.4. The lowest BCUT2D eigenvalue weighted by Crippen LogP contribution is -2.34. The highest BCUT2D eigenvalue weighted by molar-refractivity contribution is 6.33. The molecule has 0 spiro atoms. The summed E-state index contributed by atoms with van der Waals surface area (Å²) in [4.78, 5) is 12.4. The van der Waals surface area contributed by atoms with Gasteiger partial charge in [-0.3, -0.25) is 4.79 Å². The van der Waals surface area contributed by atoms with Gasteiger partial charge in [0, 0.05) is 0 Å². The van der Waals surface area contributed by atoms with E-state index in [4.69, 9.17) is 11.6 Å². The Bertz CT molecular complexity index is 499. The number of nitrogens with zero attached hydrogens (tertiary/aromatic N) is 1. The summed E-state index contributed by atoms with van der Waals surface area (Å²) < 4.78 is 0. The van der Waals surface area contributed by atoms with Gasteiger partial charge in [0.2, 0.25) is 5.91 Å². The van der Waals surface area contributed by atoms with Crippen LogP contribution in [-0.4, -0.2) is 5.91 Å². The molecule has 0 aromatic heterocycles. The lowest BCUT2D eigenvalue weighted by molar-refractivity contribution is -0.123. The number of hydrogen-bond acceptors (Lipinski definition) is 2. The molecular formula is C15H17ClN2O. The van der Waals surface area contributed by atoms with Crippen LogP contribution in [0.25, 0.3) is 0 Å². The summed E-state index contributed by atoms with van der Waals surface area (Å²) in [6, 6.07) is 9.34. The van der Waals surface area contributed by atoms with Crippen LogP contribution in [0.15, 0.2) is 24.3 Å². The molecule has 1 aliphatic carbocycles. The third kappa shape index (κ3) is 3.08. The zero-order valence-electron chi connectivity index (χ0n) is 10.8. The van der Waals surface area contributed by atoms with Crippen LogP contribution in [-0.2, 0) is 4.79 Å². The van der Waals surface area contributed by atoms with Crippen molar-refractivity contribution in [1.82, 2.24) is 0 Å². The van der Waals surface area contributed by atoms with E-state index in [0.717, 1.165) is 25.7 Å². The van der Waals surface area contributed by atoms with Gasteiger partial charge in [-0.1, -0.05) is 49.4 Å². The minimum Gasteiger partial charge on any atom is -0.323 e. The molecule has 3 nitrogen and oxygen atoms in total. The number of nitrogens with one attached hydrogen (secondary N) is 1. The highest BCUT2D eigenvalue weighted by atomic mass is 35.5. The van der Waals surface area contributed by atoms with E-state index < -0.39 is 5.41 Å². The molecule has 0 heterocycles. The third-order valence-corrected chi connectivity index (χ3v) is 4.06. The summed E-state index contributed by atoms with van der Waals surface area (Å²) in [7, 11) is 0. The average molecular weight is 277 g/mol. The van der Waals surface area contributed by atoms with Crippen molar-refractivity contribution in [3.05, 3.63) is 29.3 Å². The number of halogens is 1. The number of carbonyl (C=O) groups is 1. The number of hydrogen-bond donors (Lipinski definition) is 1. The summed E-state index contributed by atoms with van der Waals surface area (Å²) in [6.07, 6.45) is 5.35. The topological polar surface area (TPSA) is 52.9 Å². The Morgan fingerprint density at radius 1 is 1.21 bits per heavy atom. The van der Waals surface area contributed by atoms with Gasteiger partial charge < -0.3 is 5.32 Å².